The molecule has 1 aromatic carbocycles. The van der Waals surface area contributed by atoms with Crippen LogP contribution in [0.15, 0.2) is 30.3 Å². The van der Waals surface area contributed by atoms with Gasteiger partial charge in [0.05, 0.1) is 0 Å². The standard InChI is InChI=1S/C12H15ClO3Se/c1-14-11-9(13)10(12(15-2)16-11)17-8-6-4-3-5-7-8/h3-7,9-12H,1-2H3/t9-,10-,11-,12+/m1/s1. The fraction of sp³-hybridized carbons (Fsp3) is 0.500. The molecule has 1 heterocycles. The Morgan fingerprint density at radius 1 is 1.12 bits per heavy atom. The van der Waals surface area contributed by atoms with Crippen LogP contribution in [0.4, 0.5) is 0 Å². The van der Waals surface area contributed by atoms with Crippen LogP contribution in [0.25, 0.3) is 0 Å². The van der Waals surface area contributed by atoms with E-state index in [1.807, 2.05) is 18.2 Å². The van der Waals surface area contributed by atoms with Gasteiger partial charge in [-0.3, -0.25) is 0 Å². The van der Waals surface area contributed by atoms with Crippen molar-refractivity contribution in [3.8, 4) is 0 Å². The van der Waals surface area contributed by atoms with Crippen LogP contribution in [0.3, 0.4) is 0 Å². The number of benzene rings is 1. The van der Waals surface area contributed by atoms with Gasteiger partial charge in [-0.05, 0) is 0 Å². The van der Waals surface area contributed by atoms with Crippen LogP contribution < -0.4 is 4.46 Å². The molecule has 1 aromatic rings. The topological polar surface area (TPSA) is 27.7 Å². The first kappa shape index (κ1) is 13.3. The van der Waals surface area contributed by atoms with Crippen molar-refractivity contribution < 1.29 is 14.2 Å². The quantitative estimate of drug-likeness (QED) is 0.619. The number of halogens is 1. The fourth-order valence-electron chi connectivity index (χ4n) is 1.74. The number of rotatable bonds is 4. The summed E-state index contributed by atoms with van der Waals surface area (Å²) in [5.74, 6) is 0. The monoisotopic (exact) mass is 322 g/mol. The third-order valence-corrected chi connectivity index (χ3v) is 6.20. The predicted molar refractivity (Wildman–Crippen MR) is 67.9 cm³/mol. The molecule has 5 heteroatoms. The molecule has 1 aliphatic heterocycles. The van der Waals surface area contributed by atoms with E-state index in [-0.39, 0.29) is 37.7 Å². The molecule has 0 aromatic heterocycles. The zero-order valence-electron chi connectivity index (χ0n) is 9.71. The van der Waals surface area contributed by atoms with Crippen molar-refractivity contribution in [3.05, 3.63) is 30.3 Å². The zero-order valence-corrected chi connectivity index (χ0v) is 12.2. The van der Waals surface area contributed by atoms with E-state index in [1.54, 1.807) is 14.2 Å². The maximum absolute atomic E-state index is 6.35. The van der Waals surface area contributed by atoms with Gasteiger partial charge < -0.3 is 0 Å². The number of ether oxygens (including phenoxy) is 3. The average molecular weight is 322 g/mol. The molecule has 0 radical (unpaired) electrons. The molecular weight excluding hydrogens is 307 g/mol. The Bertz CT molecular complexity index is 347. The van der Waals surface area contributed by atoms with Gasteiger partial charge in [-0.2, -0.15) is 0 Å². The first-order valence-corrected chi connectivity index (χ1v) is 7.61. The molecule has 0 N–H and O–H groups in total. The van der Waals surface area contributed by atoms with E-state index in [0.29, 0.717) is 0 Å². The Kier molecular flexibility index (Phi) is 4.86. The van der Waals surface area contributed by atoms with E-state index in [4.69, 9.17) is 25.8 Å². The Balaban J connectivity index is 2.08. The van der Waals surface area contributed by atoms with Crippen molar-refractivity contribution in [3.63, 3.8) is 0 Å². The van der Waals surface area contributed by atoms with Crippen molar-refractivity contribution in [2.75, 3.05) is 14.2 Å². The van der Waals surface area contributed by atoms with Gasteiger partial charge in [0.15, 0.2) is 0 Å². The number of hydrogen-bond acceptors (Lipinski definition) is 3. The van der Waals surface area contributed by atoms with Crippen LogP contribution in [-0.2, 0) is 14.2 Å². The molecule has 4 atom stereocenters. The molecule has 1 aliphatic rings. The third kappa shape index (κ3) is 3.02. The summed E-state index contributed by atoms with van der Waals surface area (Å²) >= 11 is 6.56. The first-order chi connectivity index (χ1) is 8.26. The zero-order chi connectivity index (χ0) is 12.3. The van der Waals surface area contributed by atoms with Crippen molar-refractivity contribution in [1.29, 1.82) is 0 Å². The van der Waals surface area contributed by atoms with Crippen LogP contribution in [0.2, 0.25) is 4.82 Å². The van der Waals surface area contributed by atoms with E-state index >= 15 is 0 Å². The second-order valence-corrected chi connectivity index (χ2v) is 6.81. The summed E-state index contributed by atoms with van der Waals surface area (Å²) < 4.78 is 17.4. The van der Waals surface area contributed by atoms with Gasteiger partial charge in [0.25, 0.3) is 0 Å². The van der Waals surface area contributed by atoms with Crippen LogP contribution in [0.5, 0.6) is 0 Å². The summed E-state index contributed by atoms with van der Waals surface area (Å²) in [7, 11) is 3.24. The van der Waals surface area contributed by atoms with Crippen molar-refractivity contribution in [2.45, 2.75) is 22.8 Å². The van der Waals surface area contributed by atoms with Gasteiger partial charge >= 0.3 is 113 Å². The average Bonchev–Trinajstić information content (AvgIpc) is 2.68. The molecule has 0 unspecified atom stereocenters. The predicted octanol–water partition coefficient (Wildman–Crippen LogP) is 1.39. The Morgan fingerprint density at radius 3 is 2.35 bits per heavy atom. The third-order valence-electron chi connectivity index (χ3n) is 2.59. The van der Waals surface area contributed by atoms with E-state index in [1.165, 1.54) is 4.46 Å². The van der Waals surface area contributed by atoms with E-state index in [0.717, 1.165) is 0 Å². The molecule has 94 valence electrons. The molecule has 3 nitrogen and oxygen atoms in total. The van der Waals surface area contributed by atoms with E-state index < -0.39 is 0 Å². The van der Waals surface area contributed by atoms with Gasteiger partial charge in [0, 0.05) is 0 Å². The molecule has 1 saturated heterocycles. The van der Waals surface area contributed by atoms with Gasteiger partial charge in [-0.25, -0.2) is 0 Å². The van der Waals surface area contributed by atoms with Crippen LogP contribution >= 0.6 is 11.6 Å². The van der Waals surface area contributed by atoms with Crippen LogP contribution in [-0.4, -0.2) is 47.1 Å². The van der Waals surface area contributed by atoms with Crippen molar-refractivity contribution in [1.82, 2.24) is 0 Å². The summed E-state index contributed by atoms with van der Waals surface area (Å²) in [5, 5.41) is -0.162. The number of alkyl halides is 1. The molecule has 0 saturated carbocycles. The molecule has 0 aliphatic carbocycles. The second-order valence-electron chi connectivity index (χ2n) is 3.68. The van der Waals surface area contributed by atoms with Crippen molar-refractivity contribution >= 4 is 31.0 Å². The Labute approximate surface area is 113 Å². The summed E-state index contributed by atoms with van der Waals surface area (Å²) in [6.45, 7) is 0. The molecule has 0 amide bonds. The van der Waals surface area contributed by atoms with Gasteiger partial charge in [-0.1, -0.05) is 0 Å². The summed E-state index contributed by atoms with van der Waals surface area (Å²) in [4.78, 5) is 0.168. The number of hydrogen-bond donors (Lipinski definition) is 0. The first-order valence-electron chi connectivity index (χ1n) is 5.33. The van der Waals surface area contributed by atoms with E-state index in [2.05, 4.69) is 12.1 Å². The molecule has 2 rings (SSSR count). The molecular formula is C12H15ClO3Se. The minimum absolute atomic E-state index is 0.162. The molecule has 17 heavy (non-hydrogen) atoms. The van der Waals surface area contributed by atoms with Gasteiger partial charge in [0.2, 0.25) is 0 Å². The molecule has 0 bridgehead atoms. The summed E-state index contributed by atoms with van der Waals surface area (Å²) in [6, 6.07) is 10.3. The Morgan fingerprint density at radius 2 is 1.76 bits per heavy atom. The number of methoxy groups -OCH3 is 2. The Hall–Kier alpha value is -0.0905. The van der Waals surface area contributed by atoms with Crippen LogP contribution in [0.1, 0.15) is 0 Å². The van der Waals surface area contributed by atoms with Gasteiger partial charge in [0.1, 0.15) is 0 Å². The van der Waals surface area contributed by atoms with Crippen LogP contribution in [0, 0.1) is 0 Å². The maximum atomic E-state index is 6.35. The SMILES string of the molecule is CO[C@@H]1O[C@H](OC)[C@H]([Se]c2ccccc2)[C@H]1Cl. The minimum atomic E-state index is -0.378. The molecule has 0 spiro atoms. The van der Waals surface area contributed by atoms with Gasteiger partial charge in [-0.15, -0.1) is 0 Å². The summed E-state index contributed by atoms with van der Waals surface area (Å²) in [5.41, 5.74) is 0. The second kappa shape index (κ2) is 6.19. The summed E-state index contributed by atoms with van der Waals surface area (Å²) in [6.07, 6.45) is -0.653. The normalized spacial score (nSPS) is 32.9. The van der Waals surface area contributed by atoms with E-state index in [9.17, 15) is 0 Å². The fourth-order valence-corrected chi connectivity index (χ4v) is 4.75. The van der Waals surface area contributed by atoms with Crippen molar-refractivity contribution in [2.24, 2.45) is 0 Å². The molecule has 1 fully saturated rings.